The fourth-order valence-corrected chi connectivity index (χ4v) is 3.78. The van der Waals surface area contributed by atoms with Crippen LogP contribution < -0.4 is 10.1 Å². The Morgan fingerprint density at radius 1 is 1.10 bits per heavy atom. The highest BCUT2D eigenvalue weighted by molar-refractivity contribution is 7.19. The molecule has 0 saturated heterocycles. The summed E-state index contributed by atoms with van der Waals surface area (Å²) in [6.07, 6.45) is 3.41. The van der Waals surface area contributed by atoms with Crippen molar-refractivity contribution in [1.29, 1.82) is 0 Å². The first-order valence-electron chi connectivity index (χ1n) is 9.18. The molecule has 0 radical (unpaired) electrons. The second-order valence-electron chi connectivity index (χ2n) is 6.57. The number of hydrogen-bond donors (Lipinski definition) is 1. The lowest BCUT2D eigenvalue weighted by atomic mass is 10.1. The smallest absolute Gasteiger partial charge is 0.229 e. The summed E-state index contributed by atoms with van der Waals surface area (Å²) in [5.41, 5.74) is 2.80. The molecule has 4 rings (SSSR count). The zero-order chi connectivity index (χ0) is 20.2. The first kappa shape index (κ1) is 19.0. The molecule has 6 nitrogen and oxygen atoms in total. The zero-order valence-corrected chi connectivity index (χ0v) is 16.9. The third-order valence-corrected chi connectivity index (χ3v) is 5.29. The van der Waals surface area contributed by atoms with E-state index in [0.717, 1.165) is 21.8 Å². The van der Waals surface area contributed by atoms with Gasteiger partial charge in [-0.05, 0) is 55.3 Å². The van der Waals surface area contributed by atoms with E-state index < -0.39 is 0 Å². The Morgan fingerprint density at radius 2 is 1.86 bits per heavy atom. The lowest BCUT2D eigenvalue weighted by molar-refractivity contribution is -0.116. The van der Waals surface area contributed by atoms with Crippen molar-refractivity contribution in [1.82, 2.24) is 4.98 Å². The highest BCUT2D eigenvalue weighted by atomic mass is 32.1. The molecule has 0 aliphatic carbocycles. The van der Waals surface area contributed by atoms with Gasteiger partial charge in [0.05, 0.1) is 25.6 Å². The molecule has 0 fully saturated rings. The van der Waals surface area contributed by atoms with Crippen molar-refractivity contribution in [3.05, 3.63) is 66.1 Å². The summed E-state index contributed by atoms with van der Waals surface area (Å²) in [6, 6.07) is 13.3. The number of nitrogens with one attached hydrogen (secondary N) is 1. The van der Waals surface area contributed by atoms with Crippen LogP contribution in [0.4, 0.5) is 5.13 Å². The van der Waals surface area contributed by atoms with Crippen LogP contribution in [0, 0.1) is 13.8 Å². The molecule has 0 spiro atoms. The van der Waals surface area contributed by atoms with E-state index in [4.69, 9.17) is 13.6 Å². The Kier molecular flexibility index (Phi) is 5.48. The van der Waals surface area contributed by atoms with Crippen LogP contribution in [0.2, 0.25) is 0 Å². The predicted octanol–water partition coefficient (Wildman–Crippen LogP) is 5.69. The van der Waals surface area contributed by atoms with Gasteiger partial charge < -0.3 is 18.9 Å². The van der Waals surface area contributed by atoms with E-state index in [0.29, 0.717) is 22.3 Å². The number of thiazole rings is 1. The Bertz CT molecular complexity index is 1050. The van der Waals surface area contributed by atoms with Crippen molar-refractivity contribution < 1.29 is 18.4 Å². The van der Waals surface area contributed by atoms with Crippen molar-refractivity contribution in [2.45, 2.75) is 20.3 Å². The molecule has 0 unspecified atom stereocenters. The van der Waals surface area contributed by atoms with Gasteiger partial charge in [-0.25, -0.2) is 4.98 Å². The highest BCUT2D eigenvalue weighted by Crippen LogP contribution is 2.39. The number of benzene rings is 1. The summed E-state index contributed by atoms with van der Waals surface area (Å²) in [5, 5.41) is 3.33. The van der Waals surface area contributed by atoms with Crippen molar-refractivity contribution in [2.75, 3.05) is 11.9 Å². The fourth-order valence-electron chi connectivity index (χ4n) is 2.83. The average Bonchev–Trinajstić information content (AvgIpc) is 3.45. The molecule has 4 aromatic rings. The van der Waals surface area contributed by atoms with E-state index in [1.807, 2.05) is 50.2 Å². The summed E-state index contributed by atoms with van der Waals surface area (Å²) < 4.78 is 16.8. The zero-order valence-electron chi connectivity index (χ0n) is 16.1. The molecule has 3 heterocycles. The SMILES string of the molecule is Cc1ccc(C)c(OCCC(=O)Nc2nc(-c3ccco3)c(-c3ccco3)s2)c1. The minimum absolute atomic E-state index is 0.166. The van der Waals surface area contributed by atoms with Gasteiger partial charge in [-0.3, -0.25) is 4.79 Å². The quantitative estimate of drug-likeness (QED) is 0.425. The van der Waals surface area contributed by atoms with Crippen LogP contribution in [0.3, 0.4) is 0 Å². The fraction of sp³-hybridized carbons (Fsp3) is 0.182. The third kappa shape index (κ3) is 4.41. The Labute approximate surface area is 172 Å². The molecule has 1 aromatic carbocycles. The van der Waals surface area contributed by atoms with Crippen LogP contribution in [0.25, 0.3) is 22.1 Å². The van der Waals surface area contributed by atoms with Crippen LogP contribution in [-0.4, -0.2) is 17.5 Å². The Balaban J connectivity index is 1.43. The molecule has 148 valence electrons. The first-order chi connectivity index (χ1) is 14.1. The van der Waals surface area contributed by atoms with Gasteiger partial charge in [0.15, 0.2) is 10.9 Å². The molecule has 0 aliphatic rings. The van der Waals surface area contributed by atoms with Gasteiger partial charge >= 0.3 is 0 Å². The first-order valence-corrected chi connectivity index (χ1v) is 10.0. The van der Waals surface area contributed by atoms with Crippen LogP contribution in [0.1, 0.15) is 17.5 Å². The number of rotatable bonds is 7. The largest absolute Gasteiger partial charge is 0.493 e. The van der Waals surface area contributed by atoms with Crippen LogP contribution in [0.5, 0.6) is 5.75 Å². The molecule has 0 bridgehead atoms. The molecule has 0 saturated carbocycles. The summed E-state index contributed by atoms with van der Waals surface area (Å²) in [7, 11) is 0. The molecule has 1 amide bonds. The van der Waals surface area contributed by atoms with Crippen LogP contribution >= 0.6 is 11.3 Å². The molecule has 1 N–H and O–H groups in total. The van der Waals surface area contributed by atoms with Gasteiger partial charge in [0.2, 0.25) is 5.91 Å². The van der Waals surface area contributed by atoms with E-state index in [-0.39, 0.29) is 18.9 Å². The van der Waals surface area contributed by atoms with Crippen molar-refractivity contribution in [3.63, 3.8) is 0 Å². The molecule has 3 aromatic heterocycles. The number of nitrogens with zero attached hydrogens (tertiary/aromatic N) is 1. The highest BCUT2D eigenvalue weighted by Gasteiger charge is 2.20. The van der Waals surface area contributed by atoms with Gasteiger partial charge in [0, 0.05) is 0 Å². The number of carbonyl (C=O) groups excluding carboxylic acids is 1. The summed E-state index contributed by atoms with van der Waals surface area (Å²) in [4.78, 5) is 17.7. The molecular formula is C22H20N2O4S. The topological polar surface area (TPSA) is 77.5 Å². The van der Waals surface area contributed by atoms with E-state index in [9.17, 15) is 4.79 Å². The monoisotopic (exact) mass is 408 g/mol. The maximum atomic E-state index is 12.4. The minimum atomic E-state index is -0.166. The third-order valence-electron chi connectivity index (χ3n) is 4.30. The normalized spacial score (nSPS) is 10.8. The number of furan rings is 2. The standard InChI is InChI=1S/C22H20N2O4S/c1-14-7-8-15(2)18(13-14)28-12-9-19(25)23-22-24-20(16-5-3-10-26-16)21(29-22)17-6-4-11-27-17/h3-8,10-11,13H,9,12H2,1-2H3,(H,23,24,25). The van der Waals surface area contributed by atoms with Gasteiger partial charge in [-0.2, -0.15) is 0 Å². The lowest BCUT2D eigenvalue weighted by Crippen LogP contribution is -2.15. The van der Waals surface area contributed by atoms with Crippen molar-refractivity contribution in [2.24, 2.45) is 0 Å². The summed E-state index contributed by atoms with van der Waals surface area (Å²) >= 11 is 1.34. The molecular weight excluding hydrogens is 388 g/mol. The molecule has 0 aliphatic heterocycles. The second-order valence-corrected chi connectivity index (χ2v) is 7.57. The number of carbonyl (C=O) groups is 1. The van der Waals surface area contributed by atoms with E-state index in [1.54, 1.807) is 18.6 Å². The van der Waals surface area contributed by atoms with Crippen molar-refractivity contribution in [3.8, 4) is 27.8 Å². The maximum Gasteiger partial charge on any atom is 0.229 e. The van der Waals surface area contributed by atoms with E-state index in [1.165, 1.54) is 11.3 Å². The predicted molar refractivity (Wildman–Crippen MR) is 112 cm³/mol. The number of amides is 1. The number of ether oxygens (including phenoxy) is 1. The molecule has 7 heteroatoms. The summed E-state index contributed by atoms with van der Waals surface area (Å²) in [5.74, 6) is 1.92. The molecule has 29 heavy (non-hydrogen) atoms. The Hall–Kier alpha value is -3.32. The summed E-state index contributed by atoms with van der Waals surface area (Å²) in [6.45, 7) is 4.28. The number of aromatic nitrogens is 1. The second kappa shape index (κ2) is 8.36. The van der Waals surface area contributed by atoms with Gasteiger partial charge in [0.1, 0.15) is 22.1 Å². The number of hydrogen-bond acceptors (Lipinski definition) is 6. The van der Waals surface area contributed by atoms with E-state index in [2.05, 4.69) is 10.3 Å². The number of aryl methyl sites for hydroxylation is 2. The lowest BCUT2D eigenvalue weighted by Gasteiger charge is -2.09. The number of anilines is 1. The van der Waals surface area contributed by atoms with Crippen LogP contribution in [0.15, 0.2) is 63.8 Å². The van der Waals surface area contributed by atoms with Crippen molar-refractivity contribution >= 4 is 22.4 Å². The maximum absolute atomic E-state index is 12.4. The molecule has 0 atom stereocenters. The van der Waals surface area contributed by atoms with Crippen LogP contribution in [-0.2, 0) is 4.79 Å². The Morgan fingerprint density at radius 3 is 2.59 bits per heavy atom. The van der Waals surface area contributed by atoms with Gasteiger partial charge in [-0.1, -0.05) is 23.5 Å². The van der Waals surface area contributed by atoms with Gasteiger partial charge in [-0.15, -0.1) is 0 Å². The minimum Gasteiger partial charge on any atom is -0.493 e. The average molecular weight is 408 g/mol. The van der Waals surface area contributed by atoms with Gasteiger partial charge in [0.25, 0.3) is 0 Å². The van der Waals surface area contributed by atoms with E-state index >= 15 is 0 Å².